The van der Waals surface area contributed by atoms with Gasteiger partial charge in [-0.3, -0.25) is 4.79 Å². The molecule has 4 rings (SSSR count). The number of fused-ring (bicyclic) bond motifs is 1. The van der Waals surface area contributed by atoms with Crippen molar-refractivity contribution in [3.8, 4) is 16.9 Å². The van der Waals surface area contributed by atoms with Gasteiger partial charge in [-0.1, -0.05) is 30.3 Å². The highest BCUT2D eigenvalue weighted by Crippen LogP contribution is 2.36. The lowest BCUT2D eigenvalue weighted by atomic mass is 10.0. The summed E-state index contributed by atoms with van der Waals surface area (Å²) in [7, 11) is 1.62. The number of ether oxygens (including phenoxy) is 1. The fraction of sp³-hybridized carbons (Fsp3) is 0.286. The number of piperidine rings is 1. The number of benzene rings is 2. The lowest BCUT2D eigenvalue weighted by Gasteiger charge is -2.23. The Hall–Kier alpha value is -2.50. The van der Waals surface area contributed by atoms with Crippen LogP contribution in [0, 0.1) is 0 Å². The molecular weight excluding hydrogens is 364 g/mol. The van der Waals surface area contributed by atoms with E-state index >= 15 is 0 Å². The second-order valence-corrected chi connectivity index (χ2v) is 6.55. The molecule has 1 amide bonds. The van der Waals surface area contributed by atoms with Crippen LogP contribution in [0.5, 0.6) is 5.75 Å². The molecule has 0 radical (unpaired) electrons. The summed E-state index contributed by atoms with van der Waals surface area (Å²) in [6, 6.07) is 15.6. The predicted octanol–water partition coefficient (Wildman–Crippen LogP) is 4.01. The largest absolute Gasteiger partial charge is 0.497 e. The summed E-state index contributed by atoms with van der Waals surface area (Å²) in [5.41, 5.74) is 2.43. The van der Waals surface area contributed by atoms with Crippen LogP contribution in [0.15, 0.2) is 52.9 Å². The molecule has 2 N–H and O–H groups in total. The first kappa shape index (κ1) is 19.3. The monoisotopic (exact) mass is 386 g/mol. The Morgan fingerprint density at radius 3 is 2.74 bits per heavy atom. The van der Waals surface area contributed by atoms with Crippen LogP contribution in [0.25, 0.3) is 22.1 Å². The number of carbonyl (C=O) groups excluding carboxylic acids is 1. The van der Waals surface area contributed by atoms with Gasteiger partial charge < -0.3 is 19.8 Å². The SMILES string of the molecule is COc1ccc2c(-c3ccccc3)c(C(=O)NC3CCCNC3)oc2c1.Cl. The molecule has 0 aliphatic carbocycles. The fourth-order valence-corrected chi connectivity index (χ4v) is 3.48. The third kappa shape index (κ3) is 3.94. The van der Waals surface area contributed by atoms with Crippen molar-refractivity contribution < 1.29 is 13.9 Å². The summed E-state index contributed by atoms with van der Waals surface area (Å²) < 4.78 is 11.3. The third-order valence-corrected chi connectivity index (χ3v) is 4.80. The summed E-state index contributed by atoms with van der Waals surface area (Å²) >= 11 is 0. The Morgan fingerprint density at radius 2 is 2.04 bits per heavy atom. The van der Waals surface area contributed by atoms with Gasteiger partial charge in [-0.25, -0.2) is 0 Å². The first-order valence-corrected chi connectivity index (χ1v) is 8.94. The van der Waals surface area contributed by atoms with Crippen molar-refractivity contribution >= 4 is 29.3 Å². The van der Waals surface area contributed by atoms with Crippen LogP contribution in [0.2, 0.25) is 0 Å². The van der Waals surface area contributed by atoms with E-state index in [4.69, 9.17) is 9.15 Å². The molecule has 3 aromatic rings. The number of methoxy groups -OCH3 is 1. The van der Waals surface area contributed by atoms with Crippen molar-refractivity contribution in [2.24, 2.45) is 0 Å². The minimum atomic E-state index is -0.173. The first-order chi connectivity index (χ1) is 12.8. The van der Waals surface area contributed by atoms with E-state index in [9.17, 15) is 4.79 Å². The molecule has 27 heavy (non-hydrogen) atoms. The molecule has 1 aliphatic heterocycles. The van der Waals surface area contributed by atoms with Crippen molar-refractivity contribution in [1.29, 1.82) is 0 Å². The van der Waals surface area contributed by atoms with Gasteiger partial charge in [-0.05, 0) is 37.1 Å². The average molecular weight is 387 g/mol. The molecule has 1 fully saturated rings. The molecule has 1 unspecified atom stereocenters. The van der Waals surface area contributed by atoms with E-state index in [-0.39, 0.29) is 24.4 Å². The Labute approximate surface area is 164 Å². The van der Waals surface area contributed by atoms with E-state index in [0.29, 0.717) is 17.1 Å². The maximum absolute atomic E-state index is 13.0. The number of rotatable bonds is 4. The molecule has 0 bridgehead atoms. The van der Waals surface area contributed by atoms with E-state index in [1.54, 1.807) is 7.11 Å². The number of halogens is 1. The van der Waals surface area contributed by atoms with Crippen molar-refractivity contribution in [3.05, 3.63) is 54.3 Å². The lowest BCUT2D eigenvalue weighted by molar-refractivity contribution is 0.0905. The molecule has 0 saturated carbocycles. The van der Waals surface area contributed by atoms with E-state index in [0.717, 1.165) is 42.4 Å². The minimum absolute atomic E-state index is 0. The second kappa shape index (κ2) is 8.46. The number of carbonyl (C=O) groups is 1. The molecule has 1 saturated heterocycles. The predicted molar refractivity (Wildman–Crippen MR) is 109 cm³/mol. The second-order valence-electron chi connectivity index (χ2n) is 6.55. The number of furan rings is 1. The van der Waals surface area contributed by atoms with Crippen molar-refractivity contribution in [2.75, 3.05) is 20.2 Å². The number of nitrogens with one attached hydrogen (secondary N) is 2. The molecule has 1 atom stereocenters. The van der Waals surface area contributed by atoms with Crippen LogP contribution < -0.4 is 15.4 Å². The number of hydrogen-bond acceptors (Lipinski definition) is 4. The Balaban J connectivity index is 0.00000210. The van der Waals surface area contributed by atoms with Gasteiger partial charge in [0.05, 0.1) is 7.11 Å². The van der Waals surface area contributed by atoms with Gasteiger partial charge in [0.15, 0.2) is 0 Å². The van der Waals surface area contributed by atoms with Crippen LogP contribution in [0.3, 0.4) is 0 Å². The van der Waals surface area contributed by atoms with Gasteiger partial charge in [0.25, 0.3) is 5.91 Å². The summed E-state index contributed by atoms with van der Waals surface area (Å²) in [5, 5.41) is 7.33. The van der Waals surface area contributed by atoms with Gasteiger partial charge in [0.1, 0.15) is 11.3 Å². The molecule has 5 nitrogen and oxygen atoms in total. The van der Waals surface area contributed by atoms with E-state index in [2.05, 4.69) is 10.6 Å². The quantitative estimate of drug-likeness (QED) is 0.711. The number of amides is 1. The molecule has 0 spiro atoms. The lowest BCUT2D eigenvalue weighted by Crippen LogP contribution is -2.45. The Morgan fingerprint density at radius 1 is 1.22 bits per heavy atom. The molecule has 1 aliphatic rings. The van der Waals surface area contributed by atoms with Crippen LogP contribution in [0.4, 0.5) is 0 Å². The van der Waals surface area contributed by atoms with E-state index in [1.165, 1.54) is 0 Å². The van der Waals surface area contributed by atoms with Crippen molar-refractivity contribution in [3.63, 3.8) is 0 Å². The van der Waals surface area contributed by atoms with Crippen LogP contribution in [-0.4, -0.2) is 32.1 Å². The zero-order chi connectivity index (χ0) is 17.9. The highest BCUT2D eigenvalue weighted by molar-refractivity contribution is 6.08. The molecule has 6 heteroatoms. The molecule has 2 aromatic carbocycles. The van der Waals surface area contributed by atoms with Gasteiger partial charge in [0.2, 0.25) is 5.76 Å². The maximum atomic E-state index is 13.0. The molecule has 142 valence electrons. The van der Waals surface area contributed by atoms with Crippen LogP contribution >= 0.6 is 12.4 Å². The van der Waals surface area contributed by atoms with Gasteiger partial charge in [0, 0.05) is 29.6 Å². The maximum Gasteiger partial charge on any atom is 0.287 e. The van der Waals surface area contributed by atoms with Gasteiger partial charge >= 0.3 is 0 Å². The Bertz CT molecular complexity index is 918. The van der Waals surface area contributed by atoms with E-state index in [1.807, 2.05) is 48.5 Å². The highest BCUT2D eigenvalue weighted by atomic mass is 35.5. The zero-order valence-electron chi connectivity index (χ0n) is 15.2. The molecule has 2 heterocycles. The van der Waals surface area contributed by atoms with Crippen LogP contribution in [0.1, 0.15) is 23.4 Å². The molecule has 1 aromatic heterocycles. The third-order valence-electron chi connectivity index (χ3n) is 4.80. The van der Waals surface area contributed by atoms with E-state index < -0.39 is 0 Å². The smallest absolute Gasteiger partial charge is 0.287 e. The molecular formula is C21H23ClN2O3. The minimum Gasteiger partial charge on any atom is -0.497 e. The normalized spacial score (nSPS) is 16.6. The number of hydrogen-bond donors (Lipinski definition) is 2. The van der Waals surface area contributed by atoms with Crippen molar-refractivity contribution in [2.45, 2.75) is 18.9 Å². The summed E-state index contributed by atoms with van der Waals surface area (Å²) in [6.45, 7) is 1.80. The highest BCUT2D eigenvalue weighted by Gasteiger charge is 2.24. The average Bonchev–Trinajstić information content (AvgIpc) is 3.08. The van der Waals surface area contributed by atoms with Crippen molar-refractivity contribution in [1.82, 2.24) is 10.6 Å². The zero-order valence-corrected chi connectivity index (χ0v) is 16.0. The van der Waals surface area contributed by atoms with Gasteiger partial charge in [-0.2, -0.15) is 0 Å². The summed E-state index contributed by atoms with van der Waals surface area (Å²) in [5.74, 6) is 0.882. The standard InChI is InChI=1S/C21H22N2O3.ClH/c1-25-16-9-10-17-18(12-16)26-20(19(17)14-6-3-2-4-7-14)21(24)23-15-8-5-11-22-13-15;/h2-4,6-7,9-10,12,15,22H,5,8,11,13H2,1H3,(H,23,24);1H. The van der Waals surface area contributed by atoms with Gasteiger partial charge in [-0.15, -0.1) is 12.4 Å². The topological polar surface area (TPSA) is 63.5 Å². The summed E-state index contributed by atoms with van der Waals surface area (Å²) in [6.07, 6.45) is 2.04. The Kier molecular flexibility index (Phi) is 6.04. The first-order valence-electron chi connectivity index (χ1n) is 8.94. The van der Waals surface area contributed by atoms with Crippen LogP contribution in [-0.2, 0) is 0 Å². The summed E-state index contributed by atoms with van der Waals surface area (Å²) in [4.78, 5) is 13.0. The fourth-order valence-electron chi connectivity index (χ4n) is 3.48.